The lowest BCUT2D eigenvalue weighted by molar-refractivity contribution is -0.0932. The van der Waals surface area contributed by atoms with Crippen molar-refractivity contribution in [3.63, 3.8) is 0 Å². The predicted octanol–water partition coefficient (Wildman–Crippen LogP) is 5.83. The van der Waals surface area contributed by atoms with E-state index in [0.29, 0.717) is 6.61 Å². The highest BCUT2D eigenvalue weighted by Crippen LogP contribution is 2.25. The Hall–Kier alpha value is -0.160. The Bertz CT molecular complexity index is 335. The number of ether oxygens (including phenoxy) is 2. The molecule has 0 aliphatic rings. The summed E-state index contributed by atoms with van der Waals surface area (Å²) in [4.78, 5) is 0. The van der Waals surface area contributed by atoms with Crippen LogP contribution in [-0.4, -0.2) is 46.8 Å². The molecule has 0 rings (SSSR count). The molecule has 0 radical (unpaired) electrons. The van der Waals surface area contributed by atoms with E-state index in [1.54, 1.807) is 0 Å². The first-order valence-corrected chi connectivity index (χ1v) is 9.85. The fourth-order valence-corrected chi connectivity index (χ4v) is 2.44. The van der Waals surface area contributed by atoms with Crippen molar-refractivity contribution >= 4 is 0 Å². The molecule has 0 spiro atoms. The molecule has 0 heterocycles. The van der Waals surface area contributed by atoms with Crippen LogP contribution >= 0.6 is 0 Å². The molecule has 0 aromatic carbocycles. The fourth-order valence-electron chi connectivity index (χ4n) is 2.44. The number of hydrogen-bond acceptors (Lipinski definition) is 4. The first kappa shape index (κ1) is 31.5. The van der Waals surface area contributed by atoms with Crippen LogP contribution < -0.4 is 0 Å². The minimum Gasteiger partial charge on any atom is -0.394 e. The molecule has 0 fully saturated rings. The van der Waals surface area contributed by atoms with Gasteiger partial charge in [-0.3, -0.25) is 0 Å². The molecule has 0 saturated heterocycles. The van der Waals surface area contributed by atoms with Gasteiger partial charge >= 0.3 is 0 Å². The largest absolute Gasteiger partial charge is 0.394 e. The van der Waals surface area contributed by atoms with Crippen LogP contribution in [0.4, 0.5) is 0 Å². The Morgan fingerprint density at radius 3 is 1.37 bits per heavy atom. The summed E-state index contributed by atoms with van der Waals surface area (Å²) in [6.45, 7) is 25.4. The molecule has 2 unspecified atom stereocenters. The first-order valence-electron chi connectivity index (χ1n) is 9.85. The van der Waals surface area contributed by atoms with Gasteiger partial charge in [0.15, 0.2) is 0 Å². The standard InChI is InChI=1S/2C11H24O2.CH4/c1-10(2,3)7-9(12)8-13-11(4,5)6;1-10(2,3)7-9(8-12)13-11(4,5)6;/h2*9,12H,7-8H2,1-6H3;1H4. The quantitative estimate of drug-likeness (QED) is 0.597. The van der Waals surface area contributed by atoms with Crippen molar-refractivity contribution in [1.82, 2.24) is 0 Å². The van der Waals surface area contributed by atoms with E-state index in [0.717, 1.165) is 12.8 Å². The normalized spacial score (nSPS) is 15.3. The highest BCUT2D eigenvalue weighted by atomic mass is 16.5. The topological polar surface area (TPSA) is 58.9 Å². The summed E-state index contributed by atoms with van der Waals surface area (Å²) in [5, 5.41) is 18.8. The number of rotatable bonds is 6. The van der Waals surface area contributed by atoms with Crippen molar-refractivity contribution in [2.45, 2.75) is 127 Å². The van der Waals surface area contributed by atoms with E-state index in [1.165, 1.54) is 0 Å². The van der Waals surface area contributed by atoms with Crippen molar-refractivity contribution in [3.8, 4) is 0 Å². The van der Waals surface area contributed by atoms with Gasteiger partial charge in [-0.1, -0.05) is 49.0 Å². The first-order chi connectivity index (χ1) is 11.2. The van der Waals surface area contributed by atoms with E-state index >= 15 is 0 Å². The predicted molar refractivity (Wildman–Crippen MR) is 118 cm³/mol. The van der Waals surface area contributed by atoms with Gasteiger partial charge in [0.1, 0.15) is 0 Å². The van der Waals surface area contributed by atoms with Crippen LogP contribution in [-0.2, 0) is 9.47 Å². The van der Waals surface area contributed by atoms with Gasteiger partial charge in [-0.05, 0) is 65.2 Å². The van der Waals surface area contributed by atoms with E-state index < -0.39 is 0 Å². The molecule has 2 N–H and O–H groups in total. The lowest BCUT2D eigenvalue weighted by Gasteiger charge is -2.30. The van der Waals surface area contributed by atoms with Crippen molar-refractivity contribution in [2.75, 3.05) is 13.2 Å². The molecular formula is C23H52O4. The van der Waals surface area contributed by atoms with Crippen molar-refractivity contribution in [1.29, 1.82) is 0 Å². The summed E-state index contributed by atoms with van der Waals surface area (Å²) < 4.78 is 11.2. The molecule has 168 valence electrons. The molecule has 4 nitrogen and oxygen atoms in total. The smallest absolute Gasteiger partial charge is 0.0817 e. The second-order valence-corrected chi connectivity index (χ2v) is 11.6. The highest BCUT2D eigenvalue weighted by molar-refractivity contribution is 4.72. The zero-order valence-corrected chi connectivity index (χ0v) is 19.7. The summed E-state index contributed by atoms with van der Waals surface area (Å²) in [6.07, 6.45) is 1.28. The van der Waals surface area contributed by atoms with Crippen LogP contribution in [0.5, 0.6) is 0 Å². The molecule has 0 aliphatic heterocycles. The Balaban J connectivity index is -0.000000411. The summed E-state index contributed by atoms with van der Waals surface area (Å²) in [5.74, 6) is 0. The second-order valence-electron chi connectivity index (χ2n) is 11.6. The molecule has 0 bridgehead atoms. The fraction of sp³-hybridized carbons (Fsp3) is 1.00. The van der Waals surface area contributed by atoms with Gasteiger partial charge in [0.05, 0.1) is 36.6 Å². The Morgan fingerprint density at radius 1 is 0.704 bits per heavy atom. The van der Waals surface area contributed by atoms with Crippen molar-refractivity contribution in [2.24, 2.45) is 10.8 Å². The lowest BCUT2D eigenvalue weighted by atomic mass is 9.89. The molecule has 0 aromatic rings. The third kappa shape index (κ3) is 28.2. The number of aliphatic hydroxyl groups excluding tert-OH is 2. The SMILES string of the molecule is C.CC(C)(C)CC(CO)OC(C)(C)C.CC(C)(C)CC(O)COC(C)(C)C. The third-order valence-electron chi connectivity index (χ3n) is 3.12. The van der Waals surface area contributed by atoms with E-state index in [2.05, 4.69) is 41.5 Å². The summed E-state index contributed by atoms with van der Waals surface area (Å²) in [5.41, 5.74) is 0.0524. The molecule has 0 saturated carbocycles. The van der Waals surface area contributed by atoms with E-state index in [9.17, 15) is 5.11 Å². The van der Waals surface area contributed by atoms with Crippen LogP contribution in [0, 0.1) is 10.8 Å². The van der Waals surface area contributed by atoms with E-state index in [4.69, 9.17) is 14.6 Å². The summed E-state index contributed by atoms with van der Waals surface area (Å²) in [6, 6.07) is 0. The van der Waals surface area contributed by atoms with E-state index in [-0.39, 0.29) is 48.3 Å². The van der Waals surface area contributed by atoms with Gasteiger partial charge in [-0.15, -0.1) is 0 Å². The van der Waals surface area contributed by atoms with Gasteiger partial charge in [0, 0.05) is 0 Å². The van der Waals surface area contributed by atoms with Crippen molar-refractivity contribution < 1.29 is 19.7 Å². The maximum atomic E-state index is 9.62. The Kier molecular flexibility index (Phi) is 14.5. The van der Waals surface area contributed by atoms with Gasteiger partial charge in [-0.25, -0.2) is 0 Å². The van der Waals surface area contributed by atoms with E-state index in [1.807, 2.05) is 41.5 Å². The van der Waals surface area contributed by atoms with Crippen LogP contribution in [0.25, 0.3) is 0 Å². The van der Waals surface area contributed by atoms with Crippen LogP contribution in [0.15, 0.2) is 0 Å². The zero-order chi connectivity index (χ0) is 21.4. The third-order valence-corrected chi connectivity index (χ3v) is 3.12. The van der Waals surface area contributed by atoms with Crippen LogP contribution in [0.2, 0.25) is 0 Å². The molecule has 2 atom stereocenters. The minimum atomic E-state index is -0.348. The van der Waals surface area contributed by atoms with Crippen molar-refractivity contribution in [3.05, 3.63) is 0 Å². The highest BCUT2D eigenvalue weighted by Gasteiger charge is 2.23. The monoisotopic (exact) mass is 392 g/mol. The summed E-state index contributed by atoms with van der Waals surface area (Å²) in [7, 11) is 0. The zero-order valence-electron chi connectivity index (χ0n) is 19.7. The van der Waals surface area contributed by atoms with Crippen LogP contribution in [0.1, 0.15) is 103 Å². The molecule has 0 amide bonds. The molecular weight excluding hydrogens is 340 g/mol. The molecule has 4 heteroatoms. The Morgan fingerprint density at radius 2 is 1.11 bits per heavy atom. The van der Waals surface area contributed by atoms with Crippen LogP contribution in [0.3, 0.4) is 0 Å². The number of aliphatic hydroxyl groups is 2. The lowest BCUT2D eigenvalue weighted by Crippen LogP contribution is -2.32. The summed E-state index contributed by atoms with van der Waals surface area (Å²) >= 11 is 0. The molecule has 27 heavy (non-hydrogen) atoms. The Labute approximate surface area is 171 Å². The maximum Gasteiger partial charge on any atom is 0.0817 e. The number of hydrogen-bond donors (Lipinski definition) is 2. The maximum absolute atomic E-state index is 9.62. The van der Waals surface area contributed by atoms with Gasteiger partial charge < -0.3 is 19.7 Å². The minimum absolute atomic E-state index is 0. The second kappa shape index (κ2) is 12.4. The average molecular weight is 393 g/mol. The van der Waals surface area contributed by atoms with Gasteiger partial charge in [0.25, 0.3) is 0 Å². The van der Waals surface area contributed by atoms with Gasteiger partial charge in [0.2, 0.25) is 0 Å². The average Bonchev–Trinajstić information content (AvgIpc) is 2.30. The molecule has 0 aromatic heterocycles. The molecule has 0 aliphatic carbocycles. The van der Waals surface area contributed by atoms with Gasteiger partial charge in [-0.2, -0.15) is 0 Å².